The molecule has 0 radical (unpaired) electrons. The van der Waals surface area contributed by atoms with Gasteiger partial charge in [0.25, 0.3) is 0 Å². The van der Waals surface area contributed by atoms with Crippen LogP contribution in [0.25, 0.3) is 0 Å². The van der Waals surface area contributed by atoms with Crippen LogP contribution in [0.1, 0.15) is 46.4 Å². The van der Waals surface area contributed by atoms with Crippen LogP contribution in [0.15, 0.2) is 6.33 Å². The maximum atomic E-state index is 4.32. The highest BCUT2D eigenvalue weighted by molar-refractivity contribution is 4.86. The van der Waals surface area contributed by atoms with E-state index in [4.69, 9.17) is 0 Å². The lowest BCUT2D eigenvalue weighted by molar-refractivity contribution is 0.400. The predicted octanol–water partition coefficient (Wildman–Crippen LogP) is 2.25. The maximum absolute atomic E-state index is 4.32. The Morgan fingerprint density at radius 3 is 2.71 bits per heavy atom. The van der Waals surface area contributed by atoms with Gasteiger partial charge in [-0.2, -0.15) is 5.10 Å². The molecule has 0 aliphatic carbocycles. The second-order valence-corrected chi connectivity index (χ2v) is 4.91. The first-order valence-electron chi connectivity index (χ1n) is 6.77. The molecule has 1 atom stereocenters. The molecule has 0 fully saturated rings. The molecular formula is C13H26N4. The minimum absolute atomic E-state index is 0.599. The molecule has 0 spiro atoms. The summed E-state index contributed by atoms with van der Waals surface area (Å²) in [7, 11) is 0. The molecule has 0 aliphatic heterocycles. The van der Waals surface area contributed by atoms with E-state index >= 15 is 0 Å². The van der Waals surface area contributed by atoms with Gasteiger partial charge < -0.3 is 5.32 Å². The smallest absolute Gasteiger partial charge is 0.138 e. The highest BCUT2D eigenvalue weighted by Gasteiger charge is 2.11. The van der Waals surface area contributed by atoms with Crippen molar-refractivity contribution < 1.29 is 0 Å². The minimum atomic E-state index is 0.599. The quantitative estimate of drug-likeness (QED) is 0.755. The second kappa shape index (κ2) is 7.43. The van der Waals surface area contributed by atoms with Crippen molar-refractivity contribution in [3.05, 3.63) is 12.2 Å². The molecule has 1 N–H and O–H groups in total. The van der Waals surface area contributed by atoms with Crippen LogP contribution in [-0.4, -0.2) is 27.4 Å². The van der Waals surface area contributed by atoms with Crippen molar-refractivity contribution in [1.82, 2.24) is 20.1 Å². The number of aromatic nitrogens is 3. The third kappa shape index (κ3) is 4.86. The first kappa shape index (κ1) is 14.2. The highest BCUT2D eigenvalue weighted by Crippen LogP contribution is 2.10. The molecule has 17 heavy (non-hydrogen) atoms. The first-order chi connectivity index (χ1) is 8.17. The van der Waals surface area contributed by atoms with Gasteiger partial charge in [-0.3, -0.25) is 4.68 Å². The Hall–Kier alpha value is -0.900. The fourth-order valence-corrected chi connectivity index (χ4v) is 2.21. The van der Waals surface area contributed by atoms with Gasteiger partial charge in [0.05, 0.1) is 0 Å². The number of hydrogen-bond acceptors (Lipinski definition) is 3. The van der Waals surface area contributed by atoms with E-state index in [-0.39, 0.29) is 0 Å². The third-order valence-corrected chi connectivity index (χ3v) is 2.96. The summed E-state index contributed by atoms with van der Waals surface area (Å²) in [6, 6.07) is 0.599. The zero-order valence-electron chi connectivity index (χ0n) is 11.6. The summed E-state index contributed by atoms with van der Waals surface area (Å²) in [6.07, 6.45) is 5.04. The van der Waals surface area contributed by atoms with Crippen LogP contribution in [0.2, 0.25) is 0 Å². The topological polar surface area (TPSA) is 42.7 Å². The Bertz CT molecular complexity index is 306. The van der Waals surface area contributed by atoms with Crippen molar-refractivity contribution in [3.63, 3.8) is 0 Å². The molecule has 98 valence electrons. The molecule has 4 heteroatoms. The summed E-state index contributed by atoms with van der Waals surface area (Å²) in [5.41, 5.74) is 0. The normalized spacial score (nSPS) is 13.2. The fourth-order valence-electron chi connectivity index (χ4n) is 2.21. The Morgan fingerprint density at radius 2 is 2.12 bits per heavy atom. The number of nitrogens with zero attached hydrogens (tertiary/aromatic N) is 3. The van der Waals surface area contributed by atoms with Gasteiger partial charge in [-0.15, -0.1) is 0 Å². The standard InChI is InChI=1S/C13H26N4/c1-5-14-12(9-11(3)4)7-8-13-15-10-16-17(13)6-2/h10-12,14H,5-9H2,1-4H3. The van der Waals surface area contributed by atoms with E-state index in [0.29, 0.717) is 6.04 Å². The Labute approximate surface area is 105 Å². The lowest BCUT2D eigenvalue weighted by Crippen LogP contribution is -2.31. The molecule has 0 aliphatic rings. The van der Waals surface area contributed by atoms with E-state index in [9.17, 15) is 0 Å². The first-order valence-corrected chi connectivity index (χ1v) is 6.77. The number of nitrogens with one attached hydrogen (secondary N) is 1. The average Bonchev–Trinajstić information content (AvgIpc) is 2.72. The van der Waals surface area contributed by atoms with E-state index < -0.39 is 0 Å². The van der Waals surface area contributed by atoms with Gasteiger partial charge in [0.1, 0.15) is 12.2 Å². The van der Waals surface area contributed by atoms with Crippen LogP contribution in [0.4, 0.5) is 0 Å². The number of aryl methyl sites for hydroxylation is 2. The Balaban J connectivity index is 2.45. The summed E-state index contributed by atoms with van der Waals surface area (Å²) in [6.45, 7) is 10.8. The zero-order chi connectivity index (χ0) is 12.7. The lowest BCUT2D eigenvalue weighted by atomic mass is 9.99. The van der Waals surface area contributed by atoms with Crippen LogP contribution in [-0.2, 0) is 13.0 Å². The Kier molecular flexibility index (Phi) is 6.19. The summed E-state index contributed by atoms with van der Waals surface area (Å²) < 4.78 is 1.98. The van der Waals surface area contributed by atoms with Crippen molar-refractivity contribution >= 4 is 0 Å². The van der Waals surface area contributed by atoms with Gasteiger partial charge in [0.2, 0.25) is 0 Å². The van der Waals surface area contributed by atoms with E-state index in [1.165, 1.54) is 6.42 Å². The van der Waals surface area contributed by atoms with Crippen LogP contribution in [0, 0.1) is 5.92 Å². The van der Waals surface area contributed by atoms with Crippen molar-refractivity contribution in [2.45, 2.75) is 59.5 Å². The summed E-state index contributed by atoms with van der Waals surface area (Å²) in [5, 5.41) is 7.76. The predicted molar refractivity (Wildman–Crippen MR) is 70.9 cm³/mol. The molecule has 4 nitrogen and oxygen atoms in total. The minimum Gasteiger partial charge on any atom is -0.314 e. The van der Waals surface area contributed by atoms with E-state index in [1.54, 1.807) is 6.33 Å². The van der Waals surface area contributed by atoms with Gasteiger partial charge in [-0.25, -0.2) is 4.98 Å². The largest absolute Gasteiger partial charge is 0.314 e. The summed E-state index contributed by atoms with van der Waals surface area (Å²) in [4.78, 5) is 4.32. The van der Waals surface area contributed by atoms with Crippen molar-refractivity contribution in [2.75, 3.05) is 6.54 Å². The maximum Gasteiger partial charge on any atom is 0.138 e. The average molecular weight is 238 g/mol. The van der Waals surface area contributed by atoms with E-state index in [1.807, 2.05) is 4.68 Å². The molecule has 1 rings (SSSR count). The summed E-state index contributed by atoms with van der Waals surface area (Å²) >= 11 is 0. The third-order valence-electron chi connectivity index (χ3n) is 2.96. The monoisotopic (exact) mass is 238 g/mol. The molecular weight excluding hydrogens is 212 g/mol. The zero-order valence-corrected chi connectivity index (χ0v) is 11.6. The highest BCUT2D eigenvalue weighted by atomic mass is 15.3. The van der Waals surface area contributed by atoms with E-state index in [0.717, 1.165) is 37.7 Å². The Morgan fingerprint density at radius 1 is 1.35 bits per heavy atom. The SMILES string of the molecule is CCNC(CCc1ncnn1CC)CC(C)C. The van der Waals surface area contributed by atoms with E-state index in [2.05, 4.69) is 43.1 Å². The van der Waals surface area contributed by atoms with Crippen LogP contribution < -0.4 is 5.32 Å². The van der Waals surface area contributed by atoms with Crippen molar-refractivity contribution in [2.24, 2.45) is 5.92 Å². The molecule has 0 saturated carbocycles. The number of hydrogen-bond donors (Lipinski definition) is 1. The fraction of sp³-hybridized carbons (Fsp3) is 0.846. The molecule has 0 bridgehead atoms. The van der Waals surface area contributed by atoms with Crippen LogP contribution >= 0.6 is 0 Å². The van der Waals surface area contributed by atoms with Gasteiger partial charge >= 0.3 is 0 Å². The van der Waals surface area contributed by atoms with Gasteiger partial charge in [-0.1, -0.05) is 20.8 Å². The van der Waals surface area contributed by atoms with Crippen molar-refractivity contribution in [1.29, 1.82) is 0 Å². The molecule has 1 unspecified atom stereocenters. The molecule has 0 amide bonds. The molecule has 1 heterocycles. The summed E-state index contributed by atoms with van der Waals surface area (Å²) in [5.74, 6) is 1.85. The van der Waals surface area contributed by atoms with Crippen LogP contribution in [0.5, 0.6) is 0 Å². The molecule has 0 aromatic carbocycles. The molecule has 0 saturated heterocycles. The van der Waals surface area contributed by atoms with Crippen LogP contribution in [0.3, 0.4) is 0 Å². The lowest BCUT2D eigenvalue weighted by Gasteiger charge is -2.19. The van der Waals surface area contributed by atoms with Crippen molar-refractivity contribution in [3.8, 4) is 0 Å². The van der Waals surface area contributed by atoms with Gasteiger partial charge in [0, 0.05) is 19.0 Å². The number of rotatable bonds is 8. The second-order valence-electron chi connectivity index (χ2n) is 4.91. The molecule has 1 aromatic rings. The molecule has 1 aromatic heterocycles. The van der Waals surface area contributed by atoms with Gasteiger partial charge in [0.15, 0.2) is 0 Å². The van der Waals surface area contributed by atoms with Gasteiger partial charge in [-0.05, 0) is 32.2 Å².